The number of ether oxygens (including phenoxy) is 1. The summed E-state index contributed by atoms with van der Waals surface area (Å²) >= 11 is 12.7. The Balaban J connectivity index is 1.85. The molecule has 0 unspecified atom stereocenters. The van der Waals surface area contributed by atoms with Crippen molar-refractivity contribution < 1.29 is 14.3 Å². The maximum atomic E-state index is 13.3. The van der Waals surface area contributed by atoms with E-state index in [1.54, 1.807) is 25.1 Å². The molecule has 0 aromatic heterocycles. The minimum atomic E-state index is -0.764. The lowest BCUT2D eigenvalue weighted by Crippen LogP contribution is -2.53. The van der Waals surface area contributed by atoms with Gasteiger partial charge in [0.1, 0.15) is 11.8 Å². The molecule has 0 aliphatic rings. The Bertz CT molecular complexity index is 1130. The van der Waals surface area contributed by atoms with E-state index in [1.807, 2.05) is 63.2 Å². The van der Waals surface area contributed by atoms with Crippen molar-refractivity contribution in [3.05, 3.63) is 76.3 Å². The fraction of sp³-hybridized carbons (Fsp3) is 0.308. The van der Waals surface area contributed by atoms with Gasteiger partial charge in [0.2, 0.25) is 5.91 Å². The average Bonchev–Trinajstić information content (AvgIpc) is 2.75. The van der Waals surface area contributed by atoms with Crippen LogP contribution in [-0.2, 0) is 16.1 Å². The van der Waals surface area contributed by atoms with Crippen LogP contribution in [-0.4, -0.2) is 34.9 Å². The molecule has 1 atom stereocenters. The molecule has 3 aromatic rings. The molecular weight excluding hydrogens is 459 g/mol. The Morgan fingerprint density at radius 1 is 0.970 bits per heavy atom. The number of nitrogens with zero attached hydrogens (tertiary/aromatic N) is 1. The third-order valence-electron chi connectivity index (χ3n) is 5.16. The molecule has 5 nitrogen and oxygen atoms in total. The molecule has 2 amide bonds. The molecule has 0 bridgehead atoms. The summed E-state index contributed by atoms with van der Waals surface area (Å²) in [7, 11) is 0. The summed E-state index contributed by atoms with van der Waals surface area (Å²) < 4.78 is 5.90. The molecule has 174 valence electrons. The van der Waals surface area contributed by atoms with Gasteiger partial charge in [0.05, 0.1) is 0 Å². The molecule has 0 aliphatic heterocycles. The van der Waals surface area contributed by atoms with Gasteiger partial charge in [-0.05, 0) is 51.3 Å². The third-order valence-corrected chi connectivity index (χ3v) is 5.86. The molecule has 0 saturated heterocycles. The van der Waals surface area contributed by atoms with Gasteiger partial charge in [-0.25, -0.2) is 0 Å². The van der Waals surface area contributed by atoms with Crippen molar-refractivity contribution in [3.63, 3.8) is 0 Å². The Hall–Kier alpha value is -2.76. The smallest absolute Gasteiger partial charge is 0.261 e. The largest absolute Gasteiger partial charge is 0.483 e. The van der Waals surface area contributed by atoms with Crippen LogP contribution in [0.1, 0.15) is 33.3 Å². The number of benzene rings is 3. The number of hydrogen-bond acceptors (Lipinski definition) is 3. The SMILES string of the molecule is C[C@H](C(=O)NC(C)(C)C)N(Cc1c(Cl)cccc1Cl)C(=O)COc1cccc2ccccc12. The van der Waals surface area contributed by atoms with Crippen molar-refractivity contribution in [2.75, 3.05) is 6.61 Å². The van der Waals surface area contributed by atoms with Gasteiger partial charge in [-0.2, -0.15) is 0 Å². The lowest BCUT2D eigenvalue weighted by Gasteiger charge is -2.31. The van der Waals surface area contributed by atoms with E-state index in [4.69, 9.17) is 27.9 Å². The van der Waals surface area contributed by atoms with Crippen LogP contribution in [0.2, 0.25) is 10.0 Å². The molecule has 1 N–H and O–H groups in total. The highest BCUT2D eigenvalue weighted by molar-refractivity contribution is 6.36. The van der Waals surface area contributed by atoms with Crippen LogP contribution in [0.3, 0.4) is 0 Å². The molecule has 7 heteroatoms. The van der Waals surface area contributed by atoms with Crippen LogP contribution in [0.5, 0.6) is 5.75 Å². The molecule has 0 fully saturated rings. The summed E-state index contributed by atoms with van der Waals surface area (Å²) in [6.07, 6.45) is 0. The number of fused-ring (bicyclic) bond motifs is 1. The van der Waals surface area contributed by atoms with E-state index in [-0.39, 0.29) is 25.0 Å². The highest BCUT2D eigenvalue weighted by atomic mass is 35.5. The zero-order valence-electron chi connectivity index (χ0n) is 19.2. The first-order valence-electron chi connectivity index (χ1n) is 10.7. The lowest BCUT2D eigenvalue weighted by atomic mass is 10.1. The van der Waals surface area contributed by atoms with Gasteiger partial charge in [-0.15, -0.1) is 0 Å². The summed E-state index contributed by atoms with van der Waals surface area (Å²) in [5.41, 5.74) is 0.136. The quantitative estimate of drug-likeness (QED) is 0.455. The second kappa shape index (κ2) is 10.4. The van der Waals surface area contributed by atoms with E-state index in [2.05, 4.69) is 5.32 Å². The number of hydrogen-bond donors (Lipinski definition) is 1. The second-order valence-corrected chi connectivity index (χ2v) is 9.72. The highest BCUT2D eigenvalue weighted by Crippen LogP contribution is 2.28. The van der Waals surface area contributed by atoms with Crippen LogP contribution in [0.4, 0.5) is 0 Å². The Morgan fingerprint density at radius 2 is 1.58 bits per heavy atom. The molecule has 0 spiro atoms. The molecule has 0 heterocycles. The first-order chi connectivity index (χ1) is 15.6. The van der Waals surface area contributed by atoms with Crippen LogP contribution in [0.15, 0.2) is 60.7 Å². The van der Waals surface area contributed by atoms with Crippen molar-refractivity contribution >= 4 is 45.8 Å². The van der Waals surface area contributed by atoms with Crippen molar-refractivity contribution in [2.24, 2.45) is 0 Å². The van der Waals surface area contributed by atoms with E-state index in [0.717, 1.165) is 10.8 Å². The van der Waals surface area contributed by atoms with Crippen LogP contribution in [0.25, 0.3) is 10.8 Å². The third kappa shape index (κ3) is 6.40. The van der Waals surface area contributed by atoms with Crippen molar-refractivity contribution in [1.82, 2.24) is 10.2 Å². The van der Waals surface area contributed by atoms with E-state index in [9.17, 15) is 9.59 Å². The molecule has 0 radical (unpaired) electrons. The highest BCUT2D eigenvalue weighted by Gasteiger charge is 2.29. The number of halogens is 2. The maximum absolute atomic E-state index is 13.3. The van der Waals surface area contributed by atoms with E-state index >= 15 is 0 Å². The Morgan fingerprint density at radius 3 is 2.24 bits per heavy atom. The molecule has 0 aliphatic carbocycles. The zero-order chi connectivity index (χ0) is 24.2. The topological polar surface area (TPSA) is 58.6 Å². The maximum Gasteiger partial charge on any atom is 0.261 e. The van der Waals surface area contributed by atoms with E-state index in [1.165, 1.54) is 4.90 Å². The minimum absolute atomic E-state index is 0.0783. The van der Waals surface area contributed by atoms with Gasteiger partial charge in [0.25, 0.3) is 5.91 Å². The molecule has 3 rings (SSSR count). The van der Waals surface area contributed by atoms with Crippen LogP contribution >= 0.6 is 23.2 Å². The number of carbonyl (C=O) groups excluding carboxylic acids is 2. The Kier molecular flexibility index (Phi) is 7.88. The van der Waals surface area contributed by atoms with Crippen LogP contribution < -0.4 is 10.1 Å². The number of amides is 2. The number of nitrogens with one attached hydrogen (secondary N) is 1. The molecular formula is C26H28Cl2N2O3. The number of rotatable bonds is 7. The normalized spacial score (nSPS) is 12.3. The van der Waals surface area contributed by atoms with Gasteiger partial charge >= 0.3 is 0 Å². The Labute approximate surface area is 204 Å². The first-order valence-corrected chi connectivity index (χ1v) is 11.5. The molecule has 33 heavy (non-hydrogen) atoms. The van der Waals surface area contributed by atoms with Gasteiger partial charge in [0.15, 0.2) is 6.61 Å². The summed E-state index contributed by atoms with van der Waals surface area (Å²) in [6.45, 7) is 7.19. The predicted molar refractivity (Wildman–Crippen MR) is 134 cm³/mol. The monoisotopic (exact) mass is 486 g/mol. The van der Waals surface area contributed by atoms with Crippen molar-refractivity contribution in [1.29, 1.82) is 0 Å². The first kappa shape index (κ1) is 24.9. The van der Waals surface area contributed by atoms with Crippen LogP contribution in [0, 0.1) is 0 Å². The summed E-state index contributed by atoms with van der Waals surface area (Å²) in [6, 6.07) is 17.8. The average molecular weight is 487 g/mol. The van der Waals surface area contributed by atoms with Crippen molar-refractivity contribution in [2.45, 2.75) is 45.8 Å². The van der Waals surface area contributed by atoms with Gasteiger partial charge < -0.3 is 15.0 Å². The lowest BCUT2D eigenvalue weighted by molar-refractivity contribution is -0.142. The second-order valence-electron chi connectivity index (χ2n) is 8.90. The standard InChI is InChI=1S/C26H28Cl2N2O3/c1-17(25(32)29-26(2,3)4)30(15-20-21(27)12-8-13-22(20)28)24(31)16-33-23-14-7-10-18-9-5-6-11-19(18)23/h5-14,17H,15-16H2,1-4H3,(H,29,32)/t17-/m1/s1. The fourth-order valence-electron chi connectivity index (χ4n) is 3.45. The van der Waals surface area contributed by atoms with Gasteiger partial charge in [0, 0.05) is 33.1 Å². The molecule has 3 aromatic carbocycles. The molecule has 0 saturated carbocycles. The fourth-order valence-corrected chi connectivity index (χ4v) is 3.97. The summed E-state index contributed by atoms with van der Waals surface area (Å²) in [4.78, 5) is 27.7. The zero-order valence-corrected chi connectivity index (χ0v) is 20.7. The van der Waals surface area contributed by atoms with E-state index in [0.29, 0.717) is 21.4 Å². The summed E-state index contributed by atoms with van der Waals surface area (Å²) in [5.74, 6) is -0.0244. The van der Waals surface area contributed by atoms with Gasteiger partial charge in [-0.1, -0.05) is 65.7 Å². The number of carbonyl (C=O) groups is 2. The van der Waals surface area contributed by atoms with Gasteiger partial charge in [-0.3, -0.25) is 9.59 Å². The van der Waals surface area contributed by atoms with E-state index < -0.39 is 11.6 Å². The summed E-state index contributed by atoms with van der Waals surface area (Å²) in [5, 5.41) is 5.71. The minimum Gasteiger partial charge on any atom is -0.483 e. The predicted octanol–water partition coefficient (Wildman–Crippen LogP) is 5.86. The van der Waals surface area contributed by atoms with Crippen molar-refractivity contribution in [3.8, 4) is 5.75 Å².